The first-order valence-corrected chi connectivity index (χ1v) is 5.64. The molecule has 0 atom stereocenters. The van der Waals surface area contributed by atoms with E-state index in [1.54, 1.807) is 26.2 Å². The summed E-state index contributed by atoms with van der Waals surface area (Å²) in [6.07, 6.45) is 3.37. The summed E-state index contributed by atoms with van der Waals surface area (Å²) in [7, 11) is 0. The van der Waals surface area contributed by atoms with Gasteiger partial charge in [0.05, 0.1) is 5.69 Å². The fourth-order valence-corrected chi connectivity index (χ4v) is 1.65. The first kappa shape index (κ1) is 12.3. The second kappa shape index (κ2) is 4.25. The Morgan fingerprint density at radius 3 is 2.50 bits per heavy atom. The predicted octanol–water partition coefficient (Wildman–Crippen LogP) is 2.14. The number of pyridine rings is 1. The number of carboxylic acid groups (broad SMARTS) is 1. The van der Waals surface area contributed by atoms with Gasteiger partial charge in [-0.2, -0.15) is 0 Å². The Morgan fingerprint density at radius 2 is 1.94 bits per heavy atom. The van der Waals surface area contributed by atoms with E-state index < -0.39 is 11.4 Å². The van der Waals surface area contributed by atoms with Crippen molar-refractivity contribution in [3.63, 3.8) is 0 Å². The number of aromatic nitrogens is 3. The van der Waals surface area contributed by atoms with Crippen molar-refractivity contribution in [2.45, 2.75) is 26.2 Å². The van der Waals surface area contributed by atoms with Crippen LogP contribution in [0.5, 0.6) is 0 Å². The van der Waals surface area contributed by atoms with Crippen LogP contribution in [0.3, 0.4) is 0 Å². The number of H-pyrrole nitrogens is 1. The molecule has 0 amide bonds. The molecule has 0 spiro atoms. The van der Waals surface area contributed by atoms with Gasteiger partial charge in [0, 0.05) is 23.7 Å². The summed E-state index contributed by atoms with van der Waals surface area (Å²) < 4.78 is 0. The van der Waals surface area contributed by atoms with Crippen molar-refractivity contribution in [2.75, 3.05) is 0 Å². The molecule has 18 heavy (non-hydrogen) atoms. The molecule has 0 aliphatic carbocycles. The second-order valence-electron chi connectivity index (χ2n) is 4.73. The van der Waals surface area contributed by atoms with Crippen LogP contribution in [0.15, 0.2) is 24.5 Å². The Kier molecular flexibility index (Phi) is 2.90. The van der Waals surface area contributed by atoms with Crippen LogP contribution in [0.1, 0.15) is 25.4 Å². The molecule has 0 saturated heterocycles. The van der Waals surface area contributed by atoms with Gasteiger partial charge in [0.15, 0.2) is 0 Å². The third-order valence-corrected chi connectivity index (χ3v) is 2.97. The van der Waals surface area contributed by atoms with Crippen LogP contribution < -0.4 is 0 Å². The highest BCUT2D eigenvalue weighted by Gasteiger charge is 2.33. The summed E-state index contributed by atoms with van der Waals surface area (Å²) in [6, 6.07) is 3.70. The zero-order valence-corrected chi connectivity index (χ0v) is 10.6. The highest BCUT2D eigenvalue weighted by molar-refractivity contribution is 5.79. The van der Waals surface area contributed by atoms with Crippen LogP contribution in [0.4, 0.5) is 0 Å². The van der Waals surface area contributed by atoms with E-state index in [1.165, 1.54) is 0 Å². The Morgan fingerprint density at radius 1 is 1.33 bits per heavy atom. The number of carboxylic acids is 1. The monoisotopic (exact) mass is 245 g/mol. The van der Waals surface area contributed by atoms with Gasteiger partial charge >= 0.3 is 5.97 Å². The van der Waals surface area contributed by atoms with E-state index in [0.29, 0.717) is 5.82 Å². The van der Waals surface area contributed by atoms with Crippen molar-refractivity contribution in [1.82, 2.24) is 15.0 Å². The molecule has 2 aromatic heterocycles. The average molecular weight is 245 g/mol. The number of rotatable bonds is 3. The van der Waals surface area contributed by atoms with E-state index in [4.69, 9.17) is 0 Å². The average Bonchev–Trinajstić information content (AvgIpc) is 2.73. The van der Waals surface area contributed by atoms with Crippen molar-refractivity contribution in [3.05, 3.63) is 36.0 Å². The number of hydrogen-bond acceptors (Lipinski definition) is 3. The summed E-state index contributed by atoms with van der Waals surface area (Å²) in [5.41, 5.74) is 1.51. The second-order valence-corrected chi connectivity index (χ2v) is 4.73. The van der Waals surface area contributed by atoms with E-state index >= 15 is 0 Å². The first-order chi connectivity index (χ1) is 8.43. The lowest BCUT2D eigenvalue weighted by Crippen LogP contribution is -2.29. The Labute approximate surface area is 105 Å². The molecule has 0 aliphatic heterocycles. The zero-order chi connectivity index (χ0) is 13.3. The highest BCUT2D eigenvalue weighted by atomic mass is 16.4. The number of aliphatic carboxylic acids is 1. The van der Waals surface area contributed by atoms with Crippen molar-refractivity contribution in [1.29, 1.82) is 0 Å². The van der Waals surface area contributed by atoms with Crippen molar-refractivity contribution >= 4 is 5.97 Å². The molecule has 5 nitrogen and oxygen atoms in total. The summed E-state index contributed by atoms with van der Waals surface area (Å²) in [5.74, 6) is -0.447. The number of nitrogens with zero attached hydrogens (tertiary/aromatic N) is 2. The van der Waals surface area contributed by atoms with Gasteiger partial charge in [0.1, 0.15) is 11.2 Å². The maximum Gasteiger partial charge on any atom is 0.316 e. The topological polar surface area (TPSA) is 78.9 Å². The lowest BCUT2D eigenvalue weighted by atomic mass is 9.93. The lowest BCUT2D eigenvalue weighted by molar-refractivity contribution is -0.142. The number of carbonyl (C=O) groups is 1. The van der Waals surface area contributed by atoms with E-state index in [0.717, 1.165) is 17.0 Å². The normalized spacial score (nSPS) is 11.5. The molecule has 5 heteroatoms. The highest BCUT2D eigenvalue weighted by Crippen LogP contribution is 2.26. The van der Waals surface area contributed by atoms with Gasteiger partial charge in [-0.15, -0.1) is 0 Å². The van der Waals surface area contributed by atoms with Crippen LogP contribution in [0.25, 0.3) is 11.3 Å². The van der Waals surface area contributed by atoms with Crippen LogP contribution in [-0.4, -0.2) is 26.0 Å². The Hall–Kier alpha value is -2.17. The molecule has 2 N–H and O–H groups in total. The predicted molar refractivity (Wildman–Crippen MR) is 67.2 cm³/mol. The molecule has 0 aromatic carbocycles. The number of imidazole rings is 1. The Bertz CT molecular complexity index is 573. The van der Waals surface area contributed by atoms with Gasteiger partial charge in [-0.1, -0.05) is 0 Å². The van der Waals surface area contributed by atoms with E-state index in [-0.39, 0.29) is 0 Å². The van der Waals surface area contributed by atoms with Crippen LogP contribution >= 0.6 is 0 Å². The summed E-state index contributed by atoms with van der Waals surface area (Å²) >= 11 is 0. The molecule has 94 valence electrons. The van der Waals surface area contributed by atoms with Gasteiger partial charge in [-0.25, -0.2) is 4.98 Å². The maximum atomic E-state index is 11.2. The molecule has 0 fully saturated rings. The molecular formula is C13H15N3O2. The molecule has 2 heterocycles. The minimum atomic E-state index is -1.03. The zero-order valence-electron chi connectivity index (χ0n) is 10.6. The minimum absolute atomic E-state index is 0.458. The molecule has 0 bridgehead atoms. The van der Waals surface area contributed by atoms with Gasteiger partial charge in [-0.3, -0.25) is 9.78 Å². The van der Waals surface area contributed by atoms with Gasteiger partial charge < -0.3 is 10.1 Å². The SMILES string of the molecule is Cc1[nH]c(C(C)(C)C(=O)O)nc1-c1ccncc1. The molecule has 0 unspecified atom stereocenters. The number of aromatic amines is 1. The largest absolute Gasteiger partial charge is 0.481 e. The van der Waals surface area contributed by atoms with Crippen LogP contribution in [-0.2, 0) is 10.2 Å². The molecule has 2 rings (SSSR count). The van der Waals surface area contributed by atoms with Crippen molar-refractivity contribution in [3.8, 4) is 11.3 Å². The first-order valence-electron chi connectivity index (χ1n) is 5.64. The third-order valence-electron chi connectivity index (χ3n) is 2.97. The van der Waals surface area contributed by atoms with E-state index in [9.17, 15) is 9.90 Å². The van der Waals surface area contributed by atoms with Gasteiger partial charge in [0.2, 0.25) is 0 Å². The summed E-state index contributed by atoms with van der Waals surface area (Å²) in [5, 5.41) is 9.20. The van der Waals surface area contributed by atoms with Crippen LogP contribution in [0.2, 0.25) is 0 Å². The van der Waals surface area contributed by atoms with Crippen molar-refractivity contribution in [2.24, 2.45) is 0 Å². The number of nitrogens with one attached hydrogen (secondary N) is 1. The summed E-state index contributed by atoms with van der Waals surface area (Å²) in [6.45, 7) is 5.14. The molecule has 0 radical (unpaired) electrons. The minimum Gasteiger partial charge on any atom is -0.481 e. The van der Waals surface area contributed by atoms with E-state index in [1.807, 2.05) is 19.1 Å². The Balaban J connectivity index is 2.49. The fourth-order valence-electron chi connectivity index (χ4n) is 1.65. The third kappa shape index (κ3) is 1.99. The van der Waals surface area contributed by atoms with Crippen LogP contribution in [0, 0.1) is 6.92 Å². The number of hydrogen-bond donors (Lipinski definition) is 2. The molecule has 0 aliphatic rings. The number of aryl methyl sites for hydroxylation is 1. The summed E-state index contributed by atoms with van der Waals surface area (Å²) in [4.78, 5) is 22.6. The molecule has 2 aromatic rings. The maximum absolute atomic E-state index is 11.2. The standard InChI is InChI=1S/C13H15N3O2/c1-8-10(9-4-6-14-7-5-9)16-11(15-8)13(2,3)12(17)18/h4-7H,1-3H3,(H,15,16)(H,17,18). The smallest absolute Gasteiger partial charge is 0.316 e. The molecular weight excluding hydrogens is 230 g/mol. The lowest BCUT2D eigenvalue weighted by Gasteiger charge is -2.15. The van der Waals surface area contributed by atoms with Gasteiger partial charge in [0.25, 0.3) is 0 Å². The quantitative estimate of drug-likeness (QED) is 0.868. The van der Waals surface area contributed by atoms with E-state index in [2.05, 4.69) is 15.0 Å². The van der Waals surface area contributed by atoms with Crippen molar-refractivity contribution < 1.29 is 9.90 Å². The molecule has 0 saturated carbocycles. The van der Waals surface area contributed by atoms with Gasteiger partial charge in [-0.05, 0) is 32.9 Å². The fraction of sp³-hybridized carbons (Fsp3) is 0.308.